The predicted molar refractivity (Wildman–Crippen MR) is 42.3 cm³/mol. The van der Waals surface area contributed by atoms with Crippen LogP contribution >= 0.6 is 0 Å². The number of hydrogen-bond acceptors (Lipinski definition) is 4. The Hall–Kier alpha value is -1.39. The summed E-state index contributed by atoms with van der Waals surface area (Å²) in [5.74, 6) is -0.156. The highest BCUT2D eigenvalue weighted by atomic mass is 16.5. The molecule has 0 unspecified atom stereocenters. The Morgan fingerprint density at radius 1 is 1.62 bits per heavy atom. The molecule has 0 amide bonds. The number of rotatable bonds is 4. The van der Waals surface area contributed by atoms with E-state index in [2.05, 4.69) is 10.1 Å². The van der Waals surface area contributed by atoms with Gasteiger partial charge in [-0.05, 0) is 17.5 Å². The van der Waals surface area contributed by atoms with Crippen LogP contribution in [0.5, 0.6) is 0 Å². The lowest BCUT2D eigenvalue weighted by atomic mass is 10.2. The molecule has 70 valence electrons. The first kappa shape index (κ1) is 8.22. The Morgan fingerprint density at radius 3 is 2.92 bits per heavy atom. The van der Waals surface area contributed by atoms with Gasteiger partial charge in [0, 0.05) is 6.42 Å². The number of aromatic carboxylic acids is 1. The number of carbonyl (C=O) groups is 1. The van der Waals surface area contributed by atoms with Crippen molar-refractivity contribution in [3.63, 3.8) is 0 Å². The molecule has 1 aromatic heterocycles. The molecular weight excluding hydrogens is 172 g/mol. The van der Waals surface area contributed by atoms with E-state index in [1.807, 2.05) is 0 Å². The highest BCUT2D eigenvalue weighted by molar-refractivity contribution is 5.82. The predicted octanol–water partition coefficient (Wildman–Crippen LogP) is 1.11. The molecular formula is C8H10N2O3. The van der Waals surface area contributed by atoms with Crippen molar-refractivity contribution in [1.29, 1.82) is 0 Å². The molecule has 1 aromatic rings. The summed E-state index contributed by atoms with van der Waals surface area (Å²) in [6.07, 6.45) is 4.28. The molecule has 5 nitrogen and oxygen atoms in total. The summed E-state index contributed by atoms with van der Waals surface area (Å²) < 4.78 is 4.76. The van der Waals surface area contributed by atoms with Gasteiger partial charge in [0.1, 0.15) is 0 Å². The molecule has 1 aliphatic rings. The van der Waals surface area contributed by atoms with Crippen molar-refractivity contribution < 1.29 is 14.4 Å². The van der Waals surface area contributed by atoms with E-state index < -0.39 is 5.97 Å². The van der Waals surface area contributed by atoms with Crippen LogP contribution in [0.2, 0.25) is 0 Å². The van der Waals surface area contributed by atoms with Gasteiger partial charge in [-0.3, -0.25) is 0 Å². The Morgan fingerprint density at radius 2 is 2.38 bits per heavy atom. The van der Waals surface area contributed by atoms with Gasteiger partial charge in [-0.25, -0.2) is 4.79 Å². The fourth-order valence-electron chi connectivity index (χ4n) is 1.18. The van der Waals surface area contributed by atoms with Crippen molar-refractivity contribution in [2.45, 2.75) is 25.7 Å². The Labute approximate surface area is 74.8 Å². The number of aromatic nitrogens is 2. The van der Waals surface area contributed by atoms with Crippen LogP contribution in [0, 0.1) is 5.92 Å². The number of carboxylic acid groups (broad SMARTS) is 1. The molecule has 0 saturated heterocycles. The fourth-order valence-corrected chi connectivity index (χ4v) is 1.18. The van der Waals surface area contributed by atoms with E-state index in [0.29, 0.717) is 12.3 Å². The summed E-state index contributed by atoms with van der Waals surface area (Å²) in [5.41, 5.74) is 0. The molecule has 0 spiro atoms. The number of carboxylic acids is 1. The second-order valence-electron chi connectivity index (χ2n) is 3.30. The van der Waals surface area contributed by atoms with Crippen molar-refractivity contribution in [2.24, 2.45) is 5.92 Å². The van der Waals surface area contributed by atoms with Crippen LogP contribution in [0.1, 0.15) is 35.8 Å². The molecule has 13 heavy (non-hydrogen) atoms. The summed E-state index contributed by atoms with van der Waals surface area (Å²) in [4.78, 5) is 14.1. The minimum atomic E-state index is -1.14. The number of hydrogen-bond donors (Lipinski definition) is 1. The van der Waals surface area contributed by atoms with Gasteiger partial charge in [0.25, 0.3) is 5.82 Å². The zero-order chi connectivity index (χ0) is 9.26. The third-order valence-corrected chi connectivity index (χ3v) is 2.12. The van der Waals surface area contributed by atoms with Crippen LogP contribution in [0.15, 0.2) is 4.52 Å². The molecule has 5 heteroatoms. The van der Waals surface area contributed by atoms with Crippen molar-refractivity contribution in [2.75, 3.05) is 0 Å². The molecule has 1 fully saturated rings. The second-order valence-corrected chi connectivity index (χ2v) is 3.30. The van der Waals surface area contributed by atoms with Gasteiger partial charge < -0.3 is 9.63 Å². The third kappa shape index (κ3) is 2.05. The maximum Gasteiger partial charge on any atom is 0.377 e. The zero-order valence-corrected chi connectivity index (χ0v) is 7.06. The van der Waals surface area contributed by atoms with Gasteiger partial charge in [0.15, 0.2) is 0 Å². The molecule has 0 radical (unpaired) electrons. The molecule has 1 saturated carbocycles. The molecule has 1 heterocycles. The number of aryl methyl sites for hydroxylation is 1. The minimum absolute atomic E-state index is 0.245. The summed E-state index contributed by atoms with van der Waals surface area (Å²) in [7, 11) is 0. The first-order valence-electron chi connectivity index (χ1n) is 4.31. The molecule has 1 N–H and O–H groups in total. The monoisotopic (exact) mass is 182 g/mol. The van der Waals surface area contributed by atoms with Crippen LogP contribution < -0.4 is 0 Å². The average molecular weight is 182 g/mol. The van der Waals surface area contributed by atoms with Crippen LogP contribution in [0.3, 0.4) is 0 Å². The normalized spacial score (nSPS) is 16.0. The Bertz CT molecular complexity index is 317. The van der Waals surface area contributed by atoms with Crippen LogP contribution in [-0.2, 0) is 6.42 Å². The van der Waals surface area contributed by atoms with Crippen LogP contribution in [-0.4, -0.2) is 21.2 Å². The van der Waals surface area contributed by atoms with Crippen molar-refractivity contribution in [3.8, 4) is 0 Å². The van der Waals surface area contributed by atoms with E-state index in [1.165, 1.54) is 12.8 Å². The fraction of sp³-hybridized carbons (Fsp3) is 0.625. The topological polar surface area (TPSA) is 76.2 Å². The first-order valence-corrected chi connectivity index (χ1v) is 4.31. The van der Waals surface area contributed by atoms with Crippen molar-refractivity contribution in [1.82, 2.24) is 10.1 Å². The Kier molecular flexibility index (Phi) is 2.00. The highest BCUT2D eigenvalue weighted by Crippen LogP contribution is 2.33. The first-order chi connectivity index (χ1) is 6.25. The standard InChI is InChI=1S/C8H10N2O3/c11-8(12)7-9-6(13-10-7)4-3-5-1-2-5/h5H,1-4H2,(H,11,12). The SMILES string of the molecule is O=C(O)c1noc(CCC2CC2)n1. The van der Waals surface area contributed by atoms with Crippen LogP contribution in [0.4, 0.5) is 0 Å². The van der Waals surface area contributed by atoms with Gasteiger partial charge in [-0.2, -0.15) is 4.98 Å². The van der Waals surface area contributed by atoms with Crippen molar-refractivity contribution in [3.05, 3.63) is 11.7 Å². The highest BCUT2D eigenvalue weighted by Gasteiger charge is 2.22. The van der Waals surface area contributed by atoms with Gasteiger partial charge in [0.2, 0.25) is 5.89 Å². The van der Waals surface area contributed by atoms with E-state index in [1.54, 1.807) is 0 Å². The maximum absolute atomic E-state index is 10.4. The third-order valence-electron chi connectivity index (χ3n) is 2.12. The van der Waals surface area contributed by atoms with Crippen LogP contribution in [0.25, 0.3) is 0 Å². The van der Waals surface area contributed by atoms with Gasteiger partial charge in [-0.1, -0.05) is 12.8 Å². The van der Waals surface area contributed by atoms with E-state index in [-0.39, 0.29) is 5.82 Å². The second kappa shape index (κ2) is 3.16. The molecule has 0 atom stereocenters. The Balaban J connectivity index is 1.92. The van der Waals surface area contributed by atoms with Gasteiger partial charge in [0.05, 0.1) is 0 Å². The molecule has 0 aliphatic heterocycles. The lowest BCUT2D eigenvalue weighted by molar-refractivity contribution is 0.0680. The smallest absolute Gasteiger partial charge is 0.377 e. The molecule has 1 aliphatic carbocycles. The molecule has 0 aromatic carbocycles. The minimum Gasteiger partial charge on any atom is -0.475 e. The van der Waals surface area contributed by atoms with Crippen molar-refractivity contribution >= 4 is 5.97 Å². The summed E-state index contributed by atoms with van der Waals surface area (Å²) >= 11 is 0. The average Bonchev–Trinajstić information content (AvgIpc) is 2.79. The maximum atomic E-state index is 10.4. The lowest BCUT2D eigenvalue weighted by Gasteiger charge is -1.89. The quantitative estimate of drug-likeness (QED) is 0.754. The largest absolute Gasteiger partial charge is 0.475 e. The van der Waals surface area contributed by atoms with Gasteiger partial charge in [-0.15, -0.1) is 0 Å². The summed E-state index contributed by atoms with van der Waals surface area (Å²) in [6, 6.07) is 0. The van der Waals surface area contributed by atoms with Gasteiger partial charge >= 0.3 is 5.97 Å². The van der Waals surface area contributed by atoms with E-state index in [9.17, 15) is 4.79 Å². The lowest BCUT2D eigenvalue weighted by Crippen LogP contribution is -1.98. The molecule has 2 rings (SSSR count). The van der Waals surface area contributed by atoms with E-state index >= 15 is 0 Å². The summed E-state index contributed by atoms with van der Waals surface area (Å²) in [6.45, 7) is 0. The van der Waals surface area contributed by atoms with E-state index in [0.717, 1.165) is 12.3 Å². The zero-order valence-electron chi connectivity index (χ0n) is 7.06. The number of nitrogens with zero attached hydrogens (tertiary/aromatic N) is 2. The summed E-state index contributed by atoms with van der Waals surface area (Å²) in [5, 5.41) is 11.8. The van der Waals surface area contributed by atoms with E-state index in [4.69, 9.17) is 9.63 Å². The molecule has 0 bridgehead atoms.